The van der Waals surface area contributed by atoms with Gasteiger partial charge in [0, 0.05) is 11.6 Å². The van der Waals surface area contributed by atoms with Crippen molar-refractivity contribution in [3.05, 3.63) is 59.1 Å². The molecule has 1 aliphatic rings. The molecule has 1 N–H and O–H groups in total. The molecule has 0 unspecified atom stereocenters. The van der Waals surface area contributed by atoms with Crippen LogP contribution >= 0.6 is 11.6 Å². The molecule has 108 valence electrons. The number of fused-ring (bicyclic) bond motifs is 1. The van der Waals surface area contributed by atoms with Gasteiger partial charge in [0.2, 0.25) is 6.10 Å². The van der Waals surface area contributed by atoms with E-state index >= 15 is 0 Å². The van der Waals surface area contributed by atoms with Gasteiger partial charge in [-0.25, -0.2) is 4.79 Å². The molecule has 0 aromatic heterocycles. The molecule has 5 heteroatoms. The molecule has 1 heterocycles. The number of rotatable bonds is 3. The lowest BCUT2D eigenvalue weighted by Crippen LogP contribution is -2.44. The minimum atomic E-state index is -0.953. The number of nitrogens with zero attached hydrogens (tertiary/aromatic N) is 1. The Balaban J connectivity index is 1.89. The predicted molar refractivity (Wildman–Crippen MR) is 81.0 cm³/mol. The molecule has 3 rings (SSSR count). The van der Waals surface area contributed by atoms with Crippen LogP contribution in [0.25, 0.3) is 0 Å². The van der Waals surface area contributed by atoms with Crippen molar-refractivity contribution in [3.8, 4) is 5.75 Å². The molecular formula is C16H14ClNO3. The van der Waals surface area contributed by atoms with Crippen LogP contribution in [0.15, 0.2) is 48.5 Å². The highest BCUT2D eigenvalue weighted by molar-refractivity contribution is 6.30. The summed E-state index contributed by atoms with van der Waals surface area (Å²) in [6.07, 6.45) is -0.854. The van der Waals surface area contributed by atoms with Gasteiger partial charge >= 0.3 is 5.97 Å². The number of hydrogen-bond acceptors (Lipinski definition) is 3. The SMILES string of the molecule is O=C(O)[C@H]1CN(Cc2ccc(Cl)cc2)c2ccccc2O1. The fourth-order valence-electron chi connectivity index (χ4n) is 2.40. The number of aliphatic carboxylic acids is 1. The standard InChI is InChI=1S/C16H14ClNO3/c17-12-7-5-11(6-8-12)9-18-10-15(16(19)20)21-14-4-2-1-3-13(14)18/h1-8,15H,9-10H2,(H,19,20)/t15-/m1/s1. The van der Waals surface area contributed by atoms with Gasteiger partial charge in [-0.05, 0) is 29.8 Å². The second-order valence-electron chi connectivity index (χ2n) is 4.92. The summed E-state index contributed by atoms with van der Waals surface area (Å²) in [4.78, 5) is 13.3. The van der Waals surface area contributed by atoms with Crippen molar-refractivity contribution in [2.24, 2.45) is 0 Å². The Bertz CT molecular complexity index is 657. The average molecular weight is 304 g/mol. The summed E-state index contributed by atoms with van der Waals surface area (Å²) in [5.41, 5.74) is 1.98. The number of anilines is 1. The molecule has 0 spiro atoms. The lowest BCUT2D eigenvalue weighted by molar-refractivity contribution is -0.144. The minimum absolute atomic E-state index is 0.314. The van der Waals surface area contributed by atoms with Crippen LogP contribution in [-0.2, 0) is 11.3 Å². The Morgan fingerprint density at radius 3 is 2.67 bits per heavy atom. The molecule has 2 aromatic carbocycles. The Hall–Kier alpha value is -2.20. The molecule has 0 saturated carbocycles. The highest BCUT2D eigenvalue weighted by Crippen LogP contribution is 2.34. The number of para-hydroxylation sites is 2. The van der Waals surface area contributed by atoms with E-state index < -0.39 is 12.1 Å². The van der Waals surface area contributed by atoms with Crippen LogP contribution in [0.2, 0.25) is 5.02 Å². The molecule has 1 atom stereocenters. The fourth-order valence-corrected chi connectivity index (χ4v) is 2.52. The van der Waals surface area contributed by atoms with Gasteiger partial charge in [-0.15, -0.1) is 0 Å². The Kier molecular flexibility index (Phi) is 3.71. The maximum Gasteiger partial charge on any atom is 0.346 e. The summed E-state index contributed by atoms with van der Waals surface area (Å²) in [5, 5.41) is 9.90. The van der Waals surface area contributed by atoms with E-state index in [-0.39, 0.29) is 0 Å². The lowest BCUT2D eigenvalue weighted by atomic mass is 10.1. The first-order chi connectivity index (χ1) is 10.1. The third kappa shape index (κ3) is 2.95. The van der Waals surface area contributed by atoms with Crippen LogP contribution in [0.3, 0.4) is 0 Å². The Morgan fingerprint density at radius 2 is 1.95 bits per heavy atom. The van der Waals surface area contributed by atoms with Gasteiger partial charge < -0.3 is 14.7 Å². The zero-order chi connectivity index (χ0) is 14.8. The van der Waals surface area contributed by atoms with E-state index in [1.54, 1.807) is 6.07 Å². The van der Waals surface area contributed by atoms with Crippen LogP contribution in [0.1, 0.15) is 5.56 Å². The van der Waals surface area contributed by atoms with Gasteiger partial charge in [0.05, 0.1) is 12.2 Å². The highest BCUT2D eigenvalue weighted by Gasteiger charge is 2.30. The average Bonchev–Trinajstić information content (AvgIpc) is 2.49. The van der Waals surface area contributed by atoms with Gasteiger partial charge in [-0.2, -0.15) is 0 Å². The first kappa shape index (κ1) is 13.8. The lowest BCUT2D eigenvalue weighted by Gasteiger charge is -2.34. The van der Waals surface area contributed by atoms with E-state index in [9.17, 15) is 9.90 Å². The monoisotopic (exact) mass is 303 g/mol. The molecule has 0 amide bonds. The van der Waals surface area contributed by atoms with E-state index in [4.69, 9.17) is 16.3 Å². The number of benzene rings is 2. The number of carboxylic acid groups (broad SMARTS) is 1. The quantitative estimate of drug-likeness (QED) is 0.946. The van der Waals surface area contributed by atoms with Gasteiger partial charge in [0.15, 0.2) is 0 Å². The molecule has 0 fully saturated rings. The largest absolute Gasteiger partial charge is 0.478 e. The van der Waals surface area contributed by atoms with Gasteiger partial charge in [0.1, 0.15) is 5.75 Å². The number of hydrogen-bond donors (Lipinski definition) is 1. The van der Waals surface area contributed by atoms with Crippen molar-refractivity contribution < 1.29 is 14.6 Å². The topological polar surface area (TPSA) is 49.8 Å². The Labute approximate surface area is 127 Å². The third-order valence-corrected chi connectivity index (χ3v) is 3.68. The summed E-state index contributed by atoms with van der Waals surface area (Å²) in [7, 11) is 0. The predicted octanol–water partition coefficient (Wildman–Crippen LogP) is 3.19. The van der Waals surface area contributed by atoms with E-state index in [1.807, 2.05) is 47.4 Å². The molecule has 0 radical (unpaired) electrons. The van der Waals surface area contributed by atoms with E-state index in [0.29, 0.717) is 23.9 Å². The smallest absolute Gasteiger partial charge is 0.346 e. The van der Waals surface area contributed by atoms with Crippen molar-refractivity contribution in [1.82, 2.24) is 0 Å². The fraction of sp³-hybridized carbons (Fsp3) is 0.188. The third-order valence-electron chi connectivity index (χ3n) is 3.42. The summed E-state index contributed by atoms with van der Waals surface area (Å²) in [6, 6.07) is 15.0. The van der Waals surface area contributed by atoms with Crippen LogP contribution in [0, 0.1) is 0 Å². The van der Waals surface area contributed by atoms with Crippen LogP contribution in [0.4, 0.5) is 5.69 Å². The normalized spacial score (nSPS) is 17.0. The van der Waals surface area contributed by atoms with Crippen molar-refractivity contribution in [2.45, 2.75) is 12.6 Å². The second-order valence-corrected chi connectivity index (χ2v) is 5.36. The van der Waals surface area contributed by atoms with Gasteiger partial charge in [0.25, 0.3) is 0 Å². The van der Waals surface area contributed by atoms with E-state index in [1.165, 1.54) is 0 Å². The van der Waals surface area contributed by atoms with Gasteiger partial charge in [-0.1, -0.05) is 35.9 Å². The number of carboxylic acids is 1. The zero-order valence-electron chi connectivity index (χ0n) is 11.2. The molecule has 0 saturated heterocycles. The molecule has 4 nitrogen and oxygen atoms in total. The molecule has 0 aliphatic carbocycles. The maximum atomic E-state index is 11.2. The first-order valence-corrected chi connectivity index (χ1v) is 6.99. The zero-order valence-corrected chi connectivity index (χ0v) is 12.0. The van der Waals surface area contributed by atoms with Gasteiger partial charge in [-0.3, -0.25) is 0 Å². The summed E-state index contributed by atoms with van der Waals surface area (Å²) in [6.45, 7) is 0.927. The van der Waals surface area contributed by atoms with Crippen molar-refractivity contribution in [3.63, 3.8) is 0 Å². The Morgan fingerprint density at radius 1 is 1.24 bits per heavy atom. The molecular weight excluding hydrogens is 290 g/mol. The first-order valence-electron chi connectivity index (χ1n) is 6.61. The number of halogens is 1. The van der Waals surface area contributed by atoms with Crippen molar-refractivity contribution in [2.75, 3.05) is 11.4 Å². The summed E-state index contributed by atoms with van der Waals surface area (Å²) in [5.74, 6) is -0.351. The van der Waals surface area contributed by atoms with E-state index in [0.717, 1.165) is 11.3 Å². The van der Waals surface area contributed by atoms with Crippen molar-refractivity contribution in [1.29, 1.82) is 0 Å². The van der Waals surface area contributed by atoms with E-state index in [2.05, 4.69) is 0 Å². The maximum absolute atomic E-state index is 11.2. The summed E-state index contributed by atoms with van der Waals surface area (Å²) < 4.78 is 5.52. The number of ether oxygens (including phenoxy) is 1. The van der Waals surface area contributed by atoms with Crippen LogP contribution in [0.5, 0.6) is 5.75 Å². The summed E-state index contributed by atoms with van der Waals surface area (Å²) >= 11 is 5.89. The van der Waals surface area contributed by atoms with Crippen molar-refractivity contribution >= 4 is 23.3 Å². The number of carbonyl (C=O) groups is 1. The minimum Gasteiger partial charge on any atom is -0.478 e. The molecule has 0 bridgehead atoms. The second kappa shape index (κ2) is 5.66. The molecule has 1 aliphatic heterocycles. The van der Waals surface area contributed by atoms with Crippen LogP contribution in [-0.4, -0.2) is 23.7 Å². The highest BCUT2D eigenvalue weighted by atomic mass is 35.5. The van der Waals surface area contributed by atoms with Crippen LogP contribution < -0.4 is 9.64 Å². The molecule has 2 aromatic rings. The molecule has 21 heavy (non-hydrogen) atoms.